The Morgan fingerprint density at radius 2 is 1.71 bits per heavy atom. The van der Waals surface area contributed by atoms with E-state index in [-0.39, 0.29) is 29.1 Å². The van der Waals surface area contributed by atoms with Gasteiger partial charge >= 0.3 is 6.18 Å². The average molecular weight is 456 g/mol. The number of alkyl halides is 3. The molecule has 1 amide bonds. The van der Waals surface area contributed by atoms with Crippen LogP contribution in [0.1, 0.15) is 37.7 Å². The molecular formula is C21H23F3N2O4S. The van der Waals surface area contributed by atoms with Crippen LogP contribution in [0, 0.1) is 0 Å². The van der Waals surface area contributed by atoms with Crippen LogP contribution in [-0.2, 0) is 21.0 Å². The Labute approximate surface area is 178 Å². The van der Waals surface area contributed by atoms with Gasteiger partial charge in [-0.15, -0.1) is 0 Å². The Bertz CT molecular complexity index is 1000. The summed E-state index contributed by atoms with van der Waals surface area (Å²) >= 11 is 0. The fraction of sp³-hybridized carbons (Fsp3) is 0.381. The van der Waals surface area contributed by atoms with Gasteiger partial charge in [0.25, 0.3) is 15.9 Å². The molecule has 0 unspecified atom stereocenters. The van der Waals surface area contributed by atoms with Gasteiger partial charge in [0.15, 0.2) is 6.61 Å². The van der Waals surface area contributed by atoms with Gasteiger partial charge in [-0.2, -0.15) is 13.2 Å². The number of amides is 1. The summed E-state index contributed by atoms with van der Waals surface area (Å²) in [6.45, 7) is -0.189. The zero-order valence-electron chi connectivity index (χ0n) is 16.6. The predicted octanol–water partition coefficient (Wildman–Crippen LogP) is 4.33. The third-order valence-corrected chi connectivity index (χ3v) is 6.31. The lowest BCUT2D eigenvalue weighted by Gasteiger charge is -2.22. The molecule has 6 nitrogen and oxygen atoms in total. The molecular weight excluding hydrogens is 433 g/mol. The van der Waals surface area contributed by atoms with Crippen molar-refractivity contribution in [3.8, 4) is 5.75 Å². The van der Waals surface area contributed by atoms with Gasteiger partial charge in [-0.05, 0) is 55.3 Å². The molecule has 2 aromatic carbocycles. The summed E-state index contributed by atoms with van der Waals surface area (Å²) < 4.78 is 70.9. The molecule has 0 aromatic heterocycles. The second-order valence-electron chi connectivity index (χ2n) is 7.35. The number of anilines is 1. The largest absolute Gasteiger partial charge is 0.484 e. The number of benzene rings is 2. The molecule has 2 N–H and O–H groups in total. The Hall–Kier alpha value is -2.75. The van der Waals surface area contributed by atoms with Crippen LogP contribution in [0.15, 0.2) is 53.4 Å². The molecule has 0 aliphatic heterocycles. The molecule has 31 heavy (non-hydrogen) atoms. The second kappa shape index (κ2) is 9.59. The third-order valence-electron chi connectivity index (χ3n) is 4.92. The molecule has 0 heterocycles. The van der Waals surface area contributed by atoms with Crippen molar-refractivity contribution >= 4 is 21.6 Å². The van der Waals surface area contributed by atoms with Crippen molar-refractivity contribution in [3.05, 3.63) is 54.1 Å². The maximum absolute atomic E-state index is 12.8. The van der Waals surface area contributed by atoms with E-state index in [0.717, 1.165) is 43.9 Å². The number of halogens is 3. The Balaban J connectivity index is 1.58. The maximum atomic E-state index is 12.8. The maximum Gasteiger partial charge on any atom is 0.416 e. The smallest absolute Gasteiger partial charge is 0.416 e. The molecule has 0 spiro atoms. The van der Waals surface area contributed by atoms with Gasteiger partial charge in [-0.25, -0.2) is 8.42 Å². The summed E-state index contributed by atoms with van der Waals surface area (Å²) in [5.74, 6) is 0.0617. The number of hydrogen-bond donors (Lipinski definition) is 2. The highest BCUT2D eigenvalue weighted by Crippen LogP contribution is 2.31. The summed E-state index contributed by atoms with van der Waals surface area (Å²) in [5, 5.41) is 2.92. The molecule has 0 radical (unpaired) electrons. The van der Waals surface area contributed by atoms with Gasteiger partial charge in [0.05, 0.1) is 10.5 Å². The molecule has 0 saturated heterocycles. The van der Waals surface area contributed by atoms with Crippen molar-refractivity contribution < 1.29 is 31.1 Å². The Morgan fingerprint density at radius 1 is 1.03 bits per heavy atom. The number of carbonyl (C=O) groups is 1. The summed E-state index contributed by atoms with van der Waals surface area (Å²) in [6, 6.07) is 9.37. The second-order valence-corrected chi connectivity index (χ2v) is 9.03. The van der Waals surface area contributed by atoms with E-state index in [1.165, 1.54) is 36.8 Å². The van der Waals surface area contributed by atoms with Gasteiger partial charge in [-0.1, -0.05) is 25.3 Å². The molecule has 2 aromatic rings. The fourth-order valence-corrected chi connectivity index (χ4v) is 4.40. The van der Waals surface area contributed by atoms with E-state index in [0.29, 0.717) is 5.75 Å². The Morgan fingerprint density at radius 3 is 2.35 bits per heavy atom. The van der Waals surface area contributed by atoms with Crippen molar-refractivity contribution in [2.75, 3.05) is 11.3 Å². The summed E-state index contributed by atoms with van der Waals surface area (Å²) in [6.07, 6.45) is 0.700. The van der Waals surface area contributed by atoms with E-state index < -0.39 is 21.8 Å². The van der Waals surface area contributed by atoms with Gasteiger partial charge in [0, 0.05) is 11.7 Å². The quantitative estimate of drug-likeness (QED) is 0.650. The first-order valence-corrected chi connectivity index (χ1v) is 11.3. The molecule has 10 heteroatoms. The van der Waals surface area contributed by atoms with E-state index in [9.17, 15) is 26.4 Å². The topological polar surface area (TPSA) is 84.5 Å². The highest BCUT2D eigenvalue weighted by Gasteiger charge is 2.30. The summed E-state index contributed by atoms with van der Waals surface area (Å²) in [5.41, 5.74) is -1.16. The lowest BCUT2D eigenvalue weighted by molar-refractivity contribution is -0.137. The fourth-order valence-electron chi connectivity index (χ4n) is 3.35. The molecule has 3 rings (SSSR count). The van der Waals surface area contributed by atoms with E-state index in [2.05, 4.69) is 10.0 Å². The van der Waals surface area contributed by atoms with E-state index in [4.69, 9.17) is 4.74 Å². The van der Waals surface area contributed by atoms with Crippen LogP contribution < -0.4 is 14.8 Å². The van der Waals surface area contributed by atoms with Crippen molar-refractivity contribution in [2.24, 2.45) is 0 Å². The average Bonchev–Trinajstić information content (AvgIpc) is 2.72. The molecule has 1 aliphatic rings. The molecule has 1 aliphatic carbocycles. The van der Waals surface area contributed by atoms with Crippen molar-refractivity contribution in [1.29, 1.82) is 0 Å². The summed E-state index contributed by atoms with van der Waals surface area (Å²) in [4.78, 5) is 11.8. The van der Waals surface area contributed by atoms with Gasteiger partial charge in [0.2, 0.25) is 0 Å². The number of rotatable bonds is 7. The summed E-state index contributed by atoms with van der Waals surface area (Å²) in [7, 11) is -4.09. The highest BCUT2D eigenvalue weighted by molar-refractivity contribution is 7.92. The van der Waals surface area contributed by atoms with Crippen molar-refractivity contribution in [2.45, 2.75) is 49.2 Å². The minimum atomic E-state index is -4.58. The molecule has 0 bridgehead atoms. The lowest BCUT2D eigenvalue weighted by atomic mass is 9.95. The van der Waals surface area contributed by atoms with Crippen LogP contribution in [0.3, 0.4) is 0 Å². The third kappa shape index (κ3) is 6.61. The minimum absolute atomic E-state index is 0.149. The van der Waals surface area contributed by atoms with Crippen LogP contribution in [0.5, 0.6) is 5.75 Å². The zero-order chi connectivity index (χ0) is 22.5. The van der Waals surface area contributed by atoms with Gasteiger partial charge in [0.1, 0.15) is 5.75 Å². The van der Waals surface area contributed by atoms with Crippen LogP contribution >= 0.6 is 0 Å². The standard InChI is InChI=1S/C21H23F3N2O4S/c22-21(23,24)15-5-4-8-17(13-15)26-31(28,29)19-11-9-18(10-12-19)30-14-20(27)25-16-6-2-1-3-7-16/h4-5,8-13,16,26H,1-3,6-7,14H2,(H,25,27). The molecule has 1 fully saturated rings. The minimum Gasteiger partial charge on any atom is -0.484 e. The normalized spacial score (nSPS) is 15.3. The first kappa shape index (κ1) is 22.9. The van der Waals surface area contributed by atoms with Crippen molar-refractivity contribution in [3.63, 3.8) is 0 Å². The monoisotopic (exact) mass is 456 g/mol. The van der Waals surface area contributed by atoms with Gasteiger partial charge < -0.3 is 10.1 Å². The van der Waals surface area contributed by atoms with Gasteiger partial charge in [-0.3, -0.25) is 9.52 Å². The van der Waals surface area contributed by atoms with E-state index >= 15 is 0 Å². The zero-order valence-corrected chi connectivity index (χ0v) is 17.4. The molecule has 0 atom stereocenters. The number of nitrogens with one attached hydrogen (secondary N) is 2. The van der Waals surface area contributed by atoms with E-state index in [1.807, 2.05) is 0 Å². The van der Waals surface area contributed by atoms with Crippen molar-refractivity contribution in [1.82, 2.24) is 5.32 Å². The number of sulfonamides is 1. The Kier molecular flexibility index (Phi) is 7.09. The first-order chi connectivity index (χ1) is 14.6. The molecule has 1 saturated carbocycles. The van der Waals surface area contributed by atoms with Crippen LogP contribution in [-0.4, -0.2) is 27.0 Å². The number of ether oxygens (including phenoxy) is 1. The first-order valence-electron chi connectivity index (χ1n) is 9.86. The van der Waals surface area contributed by atoms with Crippen LogP contribution in [0.2, 0.25) is 0 Å². The SMILES string of the molecule is O=C(COc1ccc(S(=O)(=O)Nc2cccc(C(F)(F)F)c2)cc1)NC1CCCCC1. The molecule has 168 valence electrons. The number of hydrogen-bond acceptors (Lipinski definition) is 4. The van der Waals surface area contributed by atoms with Crippen LogP contribution in [0.4, 0.5) is 18.9 Å². The number of carbonyl (C=O) groups excluding carboxylic acids is 1. The van der Waals surface area contributed by atoms with E-state index in [1.54, 1.807) is 0 Å². The van der Waals surface area contributed by atoms with Crippen LogP contribution in [0.25, 0.3) is 0 Å². The predicted molar refractivity (Wildman–Crippen MR) is 109 cm³/mol. The highest BCUT2D eigenvalue weighted by atomic mass is 32.2. The lowest BCUT2D eigenvalue weighted by Crippen LogP contribution is -2.38.